The highest BCUT2D eigenvalue weighted by molar-refractivity contribution is 5.40. The molecule has 2 aliphatic rings. The lowest BCUT2D eigenvalue weighted by molar-refractivity contribution is 0.0237. The Balaban J connectivity index is 1.59. The summed E-state index contributed by atoms with van der Waals surface area (Å²) in [4.78, 5) is 9.45. The van der Waals surface area contributed by atoms with E-state index in [1.807, 2.05) is 12.1 Å². The molecule has 1 radical (unpaired) electrons. The molecular formula is C17H26N3O2. The highest BCUT2D eigenvalue weighted by Crippen LogP contribution is 2.20. The summed E-state index contributed by atoms with van der Waals surface area (Å²) in [7, 11) is 0. The molecule has 0 aliphatic carbocycles. The minimum Gasteiger partial charge on any atom is -0.474 e. The number of nitrogens with zero attached hydrogens (tertiary/aromatic N) is 3. The predicted molar refractivity (Wildman–Crippen MR) is 86.5 cm³/mol. The van der Waals surface area contributed by atoms with Gasteiger partial charge in [0.05, 0.1) is 13.2 Å². The van der Waals surface area contributed by atoms with Crippen LogP contribution in [0.1, 0.15) is 26.7 Å². The van der Waals surface area contributed by atoms with Crippen molar-refractivity contribution in [2.24, 2.45) is 0 Å². The van der Waals surface area contributed by atoms with E-state index in [-0.39, 0.29) is 6.10 Å². The third kappa shape index (κ3) is 3.90. The van der Waals surface area contributed by atoms with Crippen molar-refractivity contribution in [1.82, 2.24) is 9.88 Å². The van der Waals surface area contributed by atoms with Gasteiger partial charge in [-0.15, -0.1) is 0 Å². The number of hydrogen-bond donors (Lipinski definition) is 0. The van der Waals surface area contributed by atoms with Crippen LogP contribution >= 0.6 is 0 Å². The van der Waals surface area contributed by atoms with Crippen molar-refractivity contribution < 1.29 is 9.47 Å². The molecule has 0 N–H and O–H groups in total. The fraction of sp³-hybridized carbons (Fsp3) is 0.706. The van der Waals surface area contributed by atoms with Crippen LogP contribution in [0.15, 0.2) is 12.1 Å². The van der Waals surface area contributed by atoms with Crippen molar-refractivity contribution in [3.63, 3.8) is 0 Å². The third-order valence-electron chi connectivity index (χ3n) is 4.45. The van der Waals surface area contributed by atoms with Gasteiger partial charge in [0.15, 0.2) is 0 Å². The molecule has 0 aromatic carbocycles. The van der Waals surface area contributed by atoms with E-state index in [1.54, 1.807) is 0 Å². The van der Waals surface area contributed by atoms with Gasteiger partial charge in [-0.2, -0.15) is 4.98 Å². The predicted octanol–water partition coefficient (Wildman–Crippen LogP) is 1.97. The molecule has 1 aromatic heterocycles. The first-order valence-electron chi connectivity index (χ1n) is 8.34. The second kappa shape index (κ2) is 7.29. The van der Waals surface area contributed by atoms with Crippen LogP contribution in [-0.4, -0.2) is 61.4 Å². The van der Waals surface area contributed by atoms with Crippen molar-refractivity contribution in [3.8, 4) is 5.88 Å². The molecule has 121 valence electrons. The number of hydrogen-bond acceptors (Lipinski definition) is 5. The Morgan fingerprint density at radius 3 is 2.64 bits per heavy atom. The van der Waals surface area contributed by atoms with Gasteiger partial charge in [0.2, 0.25) is 5.88 Å². The molecule has 1 aromatic rings. The van der Waals surface area contributed by atoms with E-state index in [0.29, 0.717) is 11.9 Å². The van der Waals surface area contributed by atoms with Gasteiger partial charge in [-0.05, 0) is 19.9 Å². The second-order valence-electron chi connectivity index (χ2n) is 6.30. The van der Waals surface area contributed by atoms with Crippen molar-refractivity contribution in [1.29, 1.82) is 0 Å². The lowest BCUT2D eigenvalue weighted by Gasteiger charge is -2.37. The average molecular weight is 304 g/mol. The van der Waals surface area contributed by atoms with Crippen molar-refractivity contribution >= 4 is 5.82 Å². The fourth-order valence-electron chi connectivity index (χ4n) is 3.00. The molecule has 3 heterocycles. The third-order valence-corrected chi connectivity index (χ3v) is 4.45. The van der Waals surface area contributed by atoms with Crippen LogP contribution in [0.3, 0.4) is 0 Å². The highest BCUT2D eigenvalue weighted by Gasteiger charge is 2.21. The van der Waals surface area contributed by atoms with Gasteiger partial charge in [-0.25, -0.2) is 0 Å². The van der Waals surface area contributed by atoms with Gasteiger partial charge in [0.1, 0.15) is 11.9 Å². The number of piperazine rings is 1. The normalized spacial score (nSPS) is 21.3. The number of ether oxygens (including phenoxy) is 2. The van der Waals surface area contributed by atoms with Gasteiger partial charge < -0.3 is 14.4 Å². The van der Waals surface area contributed by atoms with Crippen LogP contribution < -0.4 is 9.64 Å². The molecule has 0 unspecified atom stereocenters. The quantitative estimate of drug-likeness (QED) is 0.850. The summed E-state index contributed by atoms with van der Waals surface area (Å²) in [6.07, 6.45) is 2.13. The zero-order valence-corrected chi connectivity index (χ0v) is 13.6. The van der Waals surface area contributed by atoms with Crippen molar-refractivity contribution in [2.75, 3.05) is 44.3 Å². The first-order valence-corrected chi connectivity index (χ1v) is 8.34. The maximum atomic E-state index is 6.00. The summed E-state index contributed by atoms with van der Waals surface area (Å²) in [5.41, 5.74) is 0. The SMILES string of the molecule is CC(C)N1CCN(c2[c]ccc(OC3CCOCC3)n2)CC1. The molecule has 2 fully saturated rings. The molecule has 0 saturated carbocycles. The molecule has 0 amide bonds. The molecule has 5 heteroatoms. The summed E-state index contributed by atoms with van der Waals surface area (Å²) in [6.45, 7) is 10.2. The minimum absolute atomic E-state index is 0.231. The van der Waals surface area contributed by atoms with E-state index in [0.717, 1.165) is 58.1 Å². The Morgan fingerprint density at radius 1 is 1.23 bits per heavy atom. The van der Waals surface area contributed by atoms with Crippen LogP contribution in [0, 0.1) is 6.07 Å². The van der Waals surface area contributed by atoms with Crippen molar-refractivity contribution in [2.45, 2.75) is 38.8 Å². The standard InChI is InChI=1S/C17H26N3O2/c1-14(2)19-8-10-20(11-9-19)16-4-3-5-17(18-16)22-15-6-12-21-13-7-15/h3,5,14-15H,6-13H2,1-2H3. The Kier molecular flexibility index (Phi) is 5.16. The van der Waals surface area contributed by atoms with E-state index < -0.39 is 0 Å². The first-order chi connectivity index (χ1) is 10.7. The van der Waals surface area contributed by atoms with E-state index in [1.165, 1.54) is 0 Å². The van der Waals surface area contributed by atoms with Crippen molar-refractivity contribution in [3.05, 3.63) is 18.2 Å². The topological polar surface area (TPSA) is 37.8 Å². The van der Waals surface area contributed by atoms with E-state index in [9.17, 15) is 0 Å². The fourth-order valence-corrected chi connectivity index (χ4v) is 3.00. The monoisotopic (exact) mass is 304 g/mol. The van der Waals surface area contributed by atoms with E-state index >= 15 is 0 Å². The Labute approximate surface area is 133 Å². The Hall–Kier alpha value is -1.33. The number of pyridine rings is 1. The van der Waals surface area contributed by atoms with Crippen LogP contribution in [0.5, 0.6) is 5.88 Å². The number of aromatic nitrogens is 1. The molecule has 0 spiro atoms. The highest BCUT2D eigenvalue weighted by atomic mass is 16.5. The number of anilines is 1. The summed E-state index contributed by atoms with van der Waals surface area (Å²) in [5.74, 6) is 1.62. The minimum atomic E-state index is 0.231. The van der Waals surface area contributed by atoms with Crippen LogP contribution in [0.2, 0.25) is 0 Å². The van der Waals surface area contributed by atoms with E-state index in [2.05, 4.69) is 34.7 Å². The lowest BCUT2D eigenvalue weighted by atomic mass is 10.1. The lowest BCUT2D eigenvalue weighted by Crippen LogP contribution is -2.49. The van der Waals surface area contributed by atoms with Gasteiger partial charge in [0.25, 0.3) is 0 Å². The molecule has 2 aliphatic heterocycles. The first kappa shape index (κ1) is 15.6. The van der Waals surface area contributed by atoms with Crippen LogP contribution in [0.4, 0.5) is 5.82 Å². The molecule has 22 heavy (non-hydrogen) atoms. The maximum absolute atomic E-state index is 6.00. The molecule has 0 atom stereocenters. The molecule has 2 saturated heterocycles. The summed E-state index contributed by atoms with van der Waals surface area (Å²) < 4.78 is 11.4. The summed E-state index contributed by atoms with van der Waals surface area (Å²) in [6, 6.07) is 7.69. The molecular weight excluding hydrogens is 278 g/mol. The Bertz CT molecular complexity index is 467. The second-order valence-corrected chi connectivity index (χ2v) is 6.30. The largest absolute Gasteiger partial charge is 0.474 e. The molecule has 5 nitrogen and oxygen atoms in total. The zero-order valence-electron chi connectivity index (χ0n) is 13.6. The van der Waals surface area contributed by atoms with Gasteiger partial charge in [0, 0.05) is 57.2 Å². The Morgan fingerprint density at radius 2 is 1.95 bits per heavy atom. The van der Waals surface area contributed by atoms with E-state index in [4.69, 9.17) is 9.47 Å². The average Bonchev–Trinajstić information content (AvgIpc) is 2.56. The smallest absolute Gasteiger partial charge is 0.215 e. The summed E-state index contributed by atoms with van der Waals surface area (Å²) >= 11 is 0. The number of rotatable bonds is 4. The molecule has 3 rings (SSSR count). The zero-order chi connectivity index (χ0) is 15.4. The van der Waals surface area contributed by atoms with Gasteiger partial charge in [-0.3, -0.25) is 4.90 Å². The maximum Gasteiger partial charge on any atom is 0.215 e. The van der Waals surface area contributed by atoms with Crippen LogP contribution in [-0.2, 0) is 4.74 Å². The molecule has 0 bridgehead atoms. The van der Waals surface area contributed by atoms with Gasteiger partial charge >= 0.3 is 0 Å². The van der Waals surface area contributed by atoms with Crippen LogP contribution in [0.25, 0.3) is 0 Å². The van der Waals surface area contributed by atoms with Gasteiger partial charge in [-0.1, -0.05) is 0 Å². The summed E-state index contributed by atoms with van der Waals surface area (Å²) in [5, 5.41) is 0.